The quantitative estimate of drug-likeness (QED) is 0.797. The van der Waals surface area contributed by atoms with Gasteiger partial charge in [0.1, 0.15) is 5.75 Å². The summed E-state index contributed by atoms with van der Waals surface area (Å²) in [6.07, 6.45) is 2.95. The zero-order valence-electron chi connectivity index (χ0n) is 11.0. The van der Waals surface area contributed by atoms with Gasteiger partial charge in [0.15, 0.2) is 0 Å². The first-order valence-corrected chi connectivity index (χ1v) is 8.77. The van der Waals surface area contributed by atoms with Crippen molar-refractivity contribution in [1.29, 1.82) is 0 Å². The topological polar surface area (TPSA) is 46.5 Å². The molecule has 0 amide bonds. The number of hydrogen-bond acceptors (Lipinski definition) is 3. The van der Waals surface area contributed by atoms with Crippen LogP contribution < -0.4 is 0 Å². The molecule has 18 heavy (non-hydrogen) atoms. The van der Waals surface area contributed by atoms with Gasteiger partial charge in [0.2, 0.25) is 7.37 Å². The molecule has 1 aliphatic carbocycles. The van der Waals surface area contributed by atoms with Crippen LogP contribution in [0.4, 0.5) is 0 Å². The van der Waals surface area contributed by atoms with Gasteiger partial charge in [-0.1, -0.05) is 12.1 Å². The second kappa shape index (κ2) is 5.46. The van der Waals surface area contributed by atoms with Crippen LogP contribution in [0.2, 0.25) is 0 Å². The lowest BCUT2D eigenvalue weighted by Gasteiger charge is -2.21. The molecule has 1 aliphatic rings. The van der Waals surface area contributed by atoms with E-state index in [2.05, 4.69) is 0 Å². The van der Waals surface area contributed by atoms with Crippen LogP contribution in [0.25, 0.3) is 0 Å². The molecule has 2 unspecified atom stereocenters. The molecule has 0 bridgehead atoms. The number of rotatable bonds is 6. The Kier molecular flexibility index (Phi) is 4.14. The Morgan fingerprint density at radius 3 is 2.78 bits per heavy atom. The van der Waals surface area contributed by atoms with E-state index in [-0.39, 0.29) is 11.7 Å². The maximum absolute atomic E-state index is 12.3. The van der Waals surface area contributed by atoms with Gasteiger partial charge in [0, 0.05) is 12.8 Å². The summed E-state index contributed by atoms with van der Waals surface area (Å²) in [5, 5.41) is 9.57. The number of phenolic OH excluding ortho intramolecular Hbond substituents is 1. The van der Waals surface area contributed by atoms with E-state index in [1.54, 1.807) is 18.8 Å². The van der Waals surface area contributed by atoms with Gasteiger partial charge in [0.25, 0.3) is 0 Å². The Labute approximate surface area is 109 Å². The molecular weight excluding hydrogens is 247 g/mol. The SMILES string of the molecule is CCOP(C)(=O)CC(c1cccc(O)c1)C1CC1. The highest BCUT2D eigenvalue weighted by Gasteiger charge is 2.36. The van der Waals surface area contributed by atoms with E-state index in [0.717, 1.165) is 5.56 Å². The molecule has 0 radical (unpaired) electrons. The summed E-state index contributed by atoms with van der Waals surface area (Å²) in [6, 6.07) is 7.31. The predicted molar refractivity (Wildman–Crippen MR) is 73.6 cm³/mol. The summed E-state index contributed by atoms with van der Waals surface area (Å²) in [6.45, 7) is 4.08. The molecule has 1 aromatic rings. The molecule has 0 heterocycles. The van der Waals surface area contributed by atoms with Crippen LogP contribution in [-0.4, -0.2) is 24.5 Å². The van der Waals surface area contributed by atoms with Crippen molar-refractivity contribution in [1.82, 2.24) is 0 Å². The zero-order valence-corrected chi connectivity index (χ0v) is 11.9. The molecule has 0 aromatic heterocycles. The van der Waals surface area contributed by atoms with Crippen molar-refractivity contribution in [3.05, 3.63) is 29.8 Å². The lowest BCUT2D eigenvalue weighted by atomic mass is 9.96. The first-order valence-electron chi connectivity index (χ1n) is 6.52. The molecule has 4 heteroatoms. The van der Waals surface area contributed by atoms with Gasteiger partial charge < -0.3 is 9.63 Å². The third-order valence-corrected chi connectivity index (χ3v) is 5.28. The molecule has 1 saturated carbocycles. The van der Waals surface area contributed by atoms with Crippen molar-refractivity contribution in [3.63, 3.8) is 0 Å². The van der Waals surface area contributed by atoms with Crippen LogP contribution in [0.3, 0.4) is 0 Å². The van der Waals surface area contributed by atoms with Gasteiger partial charge in [-0.2, -0.15) is 0 Å². The highest BCUT2D eigenvalue weighted by atomic mass is 31.2. The lowest BCUT2D eigenvalue weighted by molar-refractivity contribution is 0.334. The number of aromatic hydroxyl groups is 1. The van der Waals surface area contributed by atoms with Gasteiger partial charge in [-0.3, -0.25) is 4.57 Å². The Morgan fingerprint density at radius 1 is 1.50 bits per heavy atom. The van der Waals surface area contributed by atoms with Crippen molar-refractivity contribution >= 4 is 7.37 Å². The van der Waals surface area contributed by atoms with Gasteiger partial charge in [0.05, 0.1) is 6.61 Å². The van der Waals surface area contributed by atoms with E-state index in [4.69, 9.17) is 4.52 Å². The second-order valence-electron chi connectivity index (χ2n) is 5.15. The molecular formula is C14H21O3P. The first-order chi connectivity index (χ1) is 8.52. The minimum absolute atomic E-state index is 0.250. The zero-order chi connectivity index (χ0) is 13.2. The third-order valence-electron chi connectivity index (χ3n) is 3.42. The van der Waals surface area contributed by atoms with E-state index in [0.29, 0.717) is 18.7 Å². The fraction of sp³-hybridized carbons (Fsp3) is 0.571. The van der Waals surface area contributed by atoms with Gasteiger partial charge >= 0.3 is 0 Å². The van der Waals surface area contributed by atoms with Crippen molar-refractivity contribution in [3.8, 4) is 5.75 Å². The minimum Gasteiger partial charge on any atom is -0.508 e. The van der Waals surface area contributed by atoms with E-state index in [1.807, 2.05) is 19.1 Å². The molecule has 1 aromatic carbocycles. The molecule has 1 N–H and O–H groups in total. The fourth-order valence-electron chi connectivity index (χ4n) is 2.46. The van der Waals surface area contributed by atoms with Crippen molar-refractivity contribution < 1.29 is 14.2 Å². The van der Waals surface area contributed by atoms with Gasteiger partial charge in [-0.25, -0.2) is 0 Å². The number of phenols is 1. The van der Waals surface area contributed by atoms with Gasteiger partial charge in [-0.05, 0) is 49.3 Å². The molecule has 2 rings (SSSR count). The normalized spacial score (nSPS) is 20.3. The Morgan fingerprint density at radius 2 is 2.22 bits per heavy atom. The smallest absolute Gasteiger partial charge is 0.200 e. The summed E-state index contributed by atoms with van der Waals surface area (Å²) in [5.74, 6) is 1.13. The van der Waals surface area contributed by atoms with E-state index in [9.17, 15) is 9.67 Å². The molecule has 0 saturated heterocycles. The monoisotopic (exact) mass is 268 g/mol. The van der Waals surface area contributed by atoms with Gasteiger partial charge in [-0.15, -0.1) is 0 Å². The third kappa shape index (κ3) is 3.60. The van der Waals surface area contributed by atoms with Crippen LogP contribution in [0, 0.1) is 5.92 Å². The van der Waals surface area contributed by atoms with Crippen LogP contribution in [0.1, 0.15) is 31.2 Å². The van der Waals surface area contributed by atoms with Crippen molar-refractivity contribution in [2.75, 3.05) is 19.4 Å². The Bertz CT molecular complexity index is 454. The second-order valence-corrected chi connectivity index (χ2v) is 7.80. The van der Waals surface area contributed by atoms with Crippen LogP contribution in [0.15, 0.2) is 24.3 Å². The summed E-state index contributed by atoms with van der Waals surface area (Å²) in [7, 11) is -2.52. The molecule has 1 fully saturated rings. The first kappa shape index (κ1) is 13.6. The maximum Gasteiger partial charge on any atom is 0.200 e. The summed E-state index contributed by atoms with van der Waals surface area (Å²) in [5.41, 5.74) is 1.08. The highest BCUT2D eigenvalue weighted by Crippen LogP contribution is 2.53. The van der Waals surface area contributed by atoms with E-state index in [1.165, 1.54) is 12.8 Å². The predicted octanol–water partition coefficient (Wildman–Crippen LogP) is 3.83. The molecule has 0 aliphatic heterocycles. The summed E-state index contributed by atoms with van der Waals surface area (Å²) in [4.78, 5) is 0. The van der Waals surface area contributed by atoms with Crippen LogP contribution in [0.5, 0.6) is 5.75 Å². The summed E-state index contributed by atoms with van der Waals surface area (Å²) >= 11 is 0. The Hall–Kier alpha value is -0.790. The lowest BCUT2D eigenvalue weighted by Crippen LogP contribution is -2.09. The molecule has 3 nitrogen and oxygen atoms in total. The van der Waals surface area contributed by atoms with Crippen LogP contribution in [-0.2, 0) is 9.09 Å². The van der Waals surface area contributed by atoms with E-state index >= 15 is 0 Å². The summed E-state index contributed by atoms with van der Waals surface area (Å²) < 4.78 is 17.7. The molecule has 0 spiro atoms. The van der Waals surface area contributed by atoms with Crippen molar-refractivity contribution in [2.45, 2.75) is 25.7 Å². The average molecular weight is 268 g/mol. The fourth-order valence-corrected chi connectivity index (χ4v) is 4.34. The maximum atomic E-state index is 12.3. The van der Waals surface area contributed by atoms with Crippen molar-refractivity contribution in [2.24, 2.45) is 5.92 Å². The molecule has 100 valence electrons. The number of benzene rings is 1. The highest BCUT2D eigenvalue weighted by molar-refractivity contribution is 7.58. The van der Waals surface area contributed by atoms with E-state index < -0.39 is 7.37 Å². The molecule has 2 atom stereocenters. The average Bonchev–Trinajstić information content (AvgIpc) is 3.09. The minimum atomic E-state index is -2.52. The number of hydrogen-bond donors (Lipinski definition) is 1. The Balaban J connectivity index is 2.16. The standard InChI is InChI=1S/C14H21O3P/c1-3-17-18(2,16)10-14(11-7-8-11)12-5-4-6-13(15)9-12/h4-6,9,11,14-15H,3,7-8,10H2,1-2H3. The van der Waals surface area contributed by atoms with Crippen LogP contribution >= 0.6 is 7.37 Å². The largest absolute Gasteiger partial charge is 0.508 e.